The molecule has 6 heteroatoms. The minimum absolute atomic E-state index is 0.0664. The van der Waals surface area contributed by atoms with Crippen molar-refractivity contribution in [3.05, 3.63) is 65.9 Å². The second-order valence-electron chi connectivity index (χ2n) is 6.32. The highest BCUT2D eigenvalue weighted by Gasteiger charge is 2.27. The van der Waals surface area contributed by atoms with Crippen LogP contribution in [0.1, 0.15) is 30.0 Å². The van der Waals surface area contributed by atoms with Crippen molar-refractivity contribution in [2.24, 2.45) is 0 Å². The van der Waals surface area contributed by atoms with Crippen molar-refractivity contribution in [3.63, 3.8) is 0 Å². The zero-order chi connectivity index (χ0) is 20.1. The number of amides is 1. The number of furan rings is 1. The van der Waals surface area contributed by atoms with Gasteiger partial charge in [0.1, 0.15) is 5.58 Å². The van der Waals surface area contributed by atoms with Crippen LogP contribution in [0.4, 0.5) is 5.69 Å². The van der Waals surface area contributed by atoms with Gasteiger partial charge in [0.2, 0.25) is 5.76 Å². The largest absolute Gasteiger partial charge is 0.449 e. The smallest absolute Gasteiger partial charge is 0.375 e. The number of ether oxygens (including phenoxy) is 2. The molecule has 0 bridgehead atoms. The fourth-order valence-corrected chi connectivity index (χ4v) is 2.93. The number of hydrogen-bond donors (Lipinski definition) is 0. The van der Waals surface area contributed by atoms with Crippen molar-refractivity contribution in [3.8, 4) is 0 Å². The average Bonchev–Trinajstić information content (AvgIpc) is 3.10. The highest BCUT2D eigenvalue weighted by Crippen LogP contribution is 2.27. The maximum Gasteiger partial charge on any atom is 0.375 e. The quantitative estimate of drug-likeness (QED) is 0.574. The number of para-hydroxylation sites is 2. The first-order chi connectivity index (χ1) is 13.5. The lowest BCUT2D eigenvalue weighted by molar-refractivity contribution is -0.126. The highest BCUT2D eigenvalue weighted by atomic mass is 16.6. The zero-order valence-electron chi connectivity index (χ0n) is 16.2. The lowest BCUT2D eigenvalue weighted by Gasteiger charge is -2.21. The molecular formula is C22H23NO5. The summed E-state index contributed by atoms with van der Waals surface area (Å²) in [4.78, 5) is 26.8. The normalized spacial score (nSPS) is 12.0. The molecule has 0 radical (unpaired) electrons. The number of fused-ring (bicyclic) bond motifs is 1. The molecule has 0 fully saturated rings. The maximum absolute atomic E-state index is 12.7. The van der Waals surface area contributed by atoms with Crippen LogP contribution in [0, 0.1) is 0 Å². The SMILES string of the molecule is CCOCc1c(C(=O)OC(C)C(=O)N(C)c2ccccc2)oc2ccccc12. The minimum Gasteiger partial charge on any atom is -0.449 e. The topological polar surface area (TPSA) is 69.0 Å². The lowest BCUT2D eigenvalue weighted by Crippen LogP contribution is -2.37. The molecule has 6 nitrogen and oxygen atoms in total. The first-order valence-corrected chi connectivity index (χ1v) is 9.14. The van der Waals surface area contributed by atoms with Crippen LogP contribution < -0.4 is 4.90 Å². The van der Waals surface area contributed by atoms with Gasteiger partial charge in [-0.1, -0.05) is 36.4 Å². The van der Waals surface area contributed by atoms with Crippen molar-refractivity contribution in [1.29, 1.82) is 0 Å². The Morgan fingerprint density at radius 1 is 1.07 bits per heavy atom. The van der Waals surface area contributed by atoms with E-state index in [2.05, 4.69) is 0 Å². The first-order valence-electron chi connectivity index (χ1n) is 9.14. The fourth-order valence-electron chi connectivity index (χ4n) is 2.93. The van der Waals surface area contributed by atoms with Crippen LogP contribution in [0.25, 0.3) is 11.0 Å². The van der Waals surface area contributed by atoms with E-state index >= 15 is 0 Å². The van der Waals surface area contributed by atoms with Gasteiger partial charge in [-0.25, -0.2) is 4.79 Å². The average molecular weight is 381 g/mol. The minimum atomic E-state index is -0.967. The van der Waals surface area contributed by atoms with Crippen molar-refractivity contribution >= 4 is 28.5 Å². The van der Waals surface area contributed by atoms with E-state index < -0.39 is 12.1 Å². The number of carbonyl (C=O) groups excluding carboxylic acids is 2. The van der Waals surface area contributed by atoms with Gasteiger partial charge in [0.15, 0.2) is 6.10 Å². The number of rotatable bonds is 7. The molecule has 0 saturated carbocycles. The summed E-state index contributed by atoms with van der Waals surface area (Å²) in [6, 6.07) is 16.5. The third-order valence-electron chi connectivity index (χ3n) is 4.44. The second-order valence-corrected chi connectivity index (χ2v) is 6.32. The summed E-state index contributed by atoms with van der Waals surface area (Å²) in [5.74, 6) is -0.952. The van der Waals surface area contributed by atoms with Crippen LogP contribution in [0.3, 0.4) is 0 Å². The predicted molar refractivity (Wildman–Crippen MR) is 106 cm³/mol. The molecule has 0 spiro atoms. The number of anilines is 1. The summed E-state index contributed by atoms with van der Waals surface area (Å²) in [5, 5.41) is 0.795. The molecule has 1 amide bonds. The number of carbonyl (C=O) groups is 2. The van der Waals surface area contributed by atoms with Crippen molar-refractivity contribution in [2.45, 2.75) is 26.6 Å². The third-order valence-corrected chi connectivity index (χ3v) is 4.44. The number of likely N-dealkylation sites (N-methyl/N-ethyl adjacent to an activating group) is 1. The standard InChI is InChI=1S/C22H23NO5/c1-4-26-14-18-17-12-8-9-13-19(17)28-20(18)22(25)27-15(2)21(24)23(3)16-10-6-5-7-11-16/h5-13,15H,4,14H2,1-3H3. The number of esters is 1. The molecule has 1 aromatic heterocycles. The van der Waals surface area contributed by atoms with E-state index in [9.17, 15) is 9.59 Å². The van der Waals surface area contributed by atoms with E-state index in [-0.39, 0.29) is 18.3 Å². The molecule has 3 rings (SSSR count). The van der Waals surface area contributed by atoms with Crippen LogP contribution in [0.5, 0.6) is 0 Å². The molecule has 0 aliphatic rings. The Morgan fingerprint density at radius 3 is 2.46 bits per heavy atom. The number of nitrogens with zero attached hydrogens (tertiary/aromatic N) is 1. The summed E-state index contributed by atoms with van der Waals surface area (Å²) >= 11 is 0. The monoisotopic (exact) mass is 381 g/mol. The molecular weight excluding hydrogens is 358 g/mol. The Hall–Kier alpha value is -3.12. The lowest BCUT2D eigenvalue weighted by atomic mass is 10.1. The zero-order valence-corrected chi connectivity index (χ0v) is 16.2. The van der Waals surface area contributed by atoms with Crippen molar-refractivity contribution < 1.29 is 23.5 Å². The van der Waals surface area contributed by atoms with Gasteiger partial charge in [0, 0.05) is 30.3 Å². The van der Waals surface area contributed by atoms with Gasteiger partial charge in [-0.05, 0) is 32.0 Å². The molecule has 28 heavy (non-hydrogen) atoms. The van der Waals surface area contributed by atoms with Crippen molar-refractivity contribution in [2.75, 3.05) is 18.6 Å². The summed E-state index contributed by atoms with van der Waals surface area (Å²) in [5.41, 5.74) is 1.92. The fraction of sp³-hybridized carbons (Fsp3) is 0.273. The predicted octanol–water partition coefficient (Wildman–Crippen LogP) is 4.18. The summed E-state index contributed by atoms with van der Waals surface area (Å²) in [6.07, 6.45) is -0.967. The second kappa shape index (κ2) is 8.71. The molecule has 1 heterocycles. The molecule has 1 atom stereocenters. The van der Waals surface area contributed by atoms with E-state index in [1.54, 1.807) is 20.0 Å². The molecule has 0 aliphatic carbocycles. The molecule has 0 saturated heterocycles. The van der Waals surface area contributed by atoms with Gasteiger partial charge in [0.25, 0.3) is 5.91 Å². The summed E-state index contributed by atoms with van der Waals surface area (Å²) < 4.78 is 16.6. The number of hydrogen-bond acceptors (Lipinski definition) is 5. The van der Waals surface area contributed by atoms with E-state index in [4.69, 9.17) is 13.9 Å². The van der Waals surface area contributed by atoms with Gasteiger partial charge in [-0.15, -0.1) is 0 Å². The van der Waals surface area contributed by atoms with Gasteiger partial charge in [-0.2, -0.15) is 0 Å². The molecule has 3 aromatic rings. The Balaban J connectivity index is 1.79. The Labute approximate surface area is 163 Å². The maximum atomic E-state index is 12.7. The van der Waals surface area contributed by atoms with Crippen LogP contribution in [0.2, 0.25) is 0 Å². The van der Waals surface area contributed by atoms with Gasteiger partial charge < -0.3 is 18.8 Å². The molecule has 0 N–H and O–H groups in total. The van der Waals surface area contributed by atoms with E-state index in [1.165, 1.54) is 4.90 Å². The molecule has 0 aliphatic heterocycles. The van der Waals surface area contributed by atoms with Crippen molar-refractivity contribution in [1.82, 2.24) is 0 Å². The summed E-state index contributed by atoms with van der Waals surface area (Å²) in [6.45, 7) is 4.15. The third kappa shape index (κ3) is 4.07. The van der Waals surface area contributed by atoms with Crippen LogP contribution in [-0.4, -0.2) is 31.6 Å². The van der Waals surface area contributed by atoms with E-state index in [0.717, 1.165) is 11.1 Å². The Bertz CT molecular complexity index is 963. The highest BCUT2D eigenvalue weighted by molar-refractivity contribution is 6.00. The molecule has 146 valence electrons. The van der Waals surface area contributed by atoms with Crippen LogP contribution >= 0.6 is 0 Å². The first kappa shape index (κ1) is 19.6. The van der Waals surface area contributed by atoms with Gasteiger partial charge >= 0.3 is 5.97 Å². The van der Waals surface area contributed by atoms with Gasteiger partial charge in [-0.3, -0.25) is 4.79 Å². The number of benzene rings is 2. The molecule has 1 unspecified atom stereocenters. The van der Waals surface area contributed by atoms with Gasteiger partial charge in [0.05, 0.1) is 6.61 Å². The van der Waals surface area contributed by atoms with Crippen LogP contribution in [0.15, 0.2) is 59.0 Å². The van der Waals surface area contributed by atoms with E-state index in [1.807, 2.05) is 55.5 Å². The molecule has 2 aromatic carbocycles. The summed E-state index contributed by atoms with van der Waals surface area (Å²) in [7, 11) is 1.64. The Morgan fingerprint density at radius 2 is 1.75 bits per heavy atom. The van der Waals surface area contributed by atoms with Crippen LogP contribution in [-0.2, 0) is 20.9 Å². The van der Waals surface area contributed by atoms with E-state index in [0.29, 0.717) is 17.8 Å². The Kier molecular flexibility index (Phi) is 6.11.